The van der Waals surface area contributed by atoms with Crippen LogP contribution in [0.4, 0.5) is 0 Å². The van der Waals surface area contributed by atoms with Gasteiger partial charge in [0.2, 0.25) is 0 Å². The second-order valence-corrected chi connectivity index (χ2v) is 5.54. The van der Waals surface area contributed by atoms with Gasteiger partial charge in [-0.1, -0.05) is 17.9 Å². The predicted molar refractivity (Wildman–Crippen MR) is 84.1 cm³/mol. The van der Waals surface area contributed by atoms with Gasteiger partial charge in [0.15, 0.2) is 0 Å². The zero-order valence-corrected chi connectivity index (χ0v) is 12.9. The molecule has 1 aliphatic carbocycles. The molecule has 1 amide bonds. The number of rotatable bonds is 5. The Morgan fingerprint density at radius 1 is 1.43 bits per heavy atom. The van der Waals surface area contributed by atoms with Crippen LogP contribution < -0.4 is 0 Å². The second kappa shape index (κ2) is 7.28. The molecular formula is C18H23NO2. The van der Waals surface area contributed by atoms with E-state index in [1.54, 1.807) is 0 Å². The van der Waals surface area contributed by atoms with Crippen LogP contribution in [0.5, 0.6) is 0 Å². The number of carbonyl (C=O) groups is 1. The van der Waals surface area contributed by atoms with Crippen LogP contribution in [0.1, 0.15) is 47.7 Å². The maximum Gasteiger partial charge on any atom is 0.254 e. The minimum atomic E-state index is 0.0651. The molecule has 112 valence electrons. The number of aliphatic hydroxyl groups excluding tert-OH is 1. The number of hydrogen-bond acceptors (Lipinski definition) is 2. The van der Waals surface area contributed by atoms with Gasteiger partial charge in [0.25, 0.3) is 5.91 Å². The van der Waals surface area contributed by atoms with Crippen molar-refractivity contribution in [2.24, 2.45) is 5.92 Å². The summed E-state index contributed by atoms with van der Waals surface area (Å²) in [6.07, 6.45) is 2.95. The number of hydrogen-bond donors (Lipinski definition) is 1. The second-order valence-electron chi connectivity index (χ2n) is 5.54. The maximum absolute atomic E-state index is 12.7. The summed E-state index contributed by atoms with van der Waals surface area (Å²) >= 11 is 0. The topological polar surface area (TPSA) is 40.5 Å². The zero-order valence-electron chi connectivity index (χ0n) is 12.9. The largest absolute Gasteiger partial charge is 0.395 e. The van der Waals surface area contributed by atoms with Crippen LogP contribution in [-0.4, -0.2) is 35.6 Å². The molecule has 0 bridgehead atoms. The molecule has 1 N–H and O–H groups in total. The van der Waals surface area contributed by atoms with Crippen LogP contribution in [-0.2, 0) is 0 Å². The lowest BCUT2D eigenvalue weighted by Crippen LogP contribution is -2.33. The van der Waals surface area contributed by atoms with Gasteiger partial charge in [-0.15, -0.1) is 0 Å². The molecule has 1 aromatic carbocycles. The molecule has 1 aliphatic rings. The van der Waals surface area contributed by atoms with Crippen molar-refractivity contribution in [2.45, 2.75) is 33.1 Å². The first kappa shape index (κ1) is 15.6. The summed E-state index contributed by atoms with van der Waals surface area (Å²) in [5.74, 6) is 6.76. The molecule has 1 aromatic rings. The highest BCUT2D eigenvalue weighted by Crippen LogP contribution is 2.30. The van der Waals surface area contributed by atoms with Crippen LogP contribution in [0.2, 0.25) is 0 Å². The average molecular weight is 285 g/mol. The summed E-state index contributed by atoms with van der Waals surface area (Å²) in [5, 5.41) is 8.79. The predicted octanol–water partition coefficient (Wildman–Crippen LogP) is 2.60. The first-order valence-corrected chi connectivity index (χ1v) is 7.66. The minimum absolute atomic E-state index is 0.0651. The lowest BCUT2D eigenvalue weighted by molar-refractivity contribution is 0.0756. The molecule has 21 heavy (non-hydrogen) atoms. The van der Waals surface area contributed by atoms with Crippen molar-refractivity contribution < 1.29 is 9.90 Å². The molecule has 1 saturated carbocycles. The Balaban J connectivity index is 2.20. The molecule has 2 rings (SSSR count). The van der Waals surface area contributed by atoms with Crippen LogP contribution in [0.15, 0.2) is 18.2 Å². The van der Waals surface area contributed by atoms with E-state index in [1.165, 1.54) is 12.8 Å². The van der Waals surface area contributed by atoms with Gasteiger partial charge in [0, 0.05) is 30.6 Å². The Labute approximate surface area is 127 Å². The summed E-state index contributed by atoms with van der Waals surface area (Å²) in [6, 6.07) is 5.69. The molecule has 3 heteroatoms. The van der Waals surface area contributed by atoms with Crippen molar-refractivity contribution in [1.82, 2.24) is 4.90 Å². The van der Waals surface area contributed by atoms with Crippen molar-refractivity contribution >= 4 is 5.91 Å². The van der Waals surface area contributed by atoms with E-state index in [-0.39, 0.29) is 12.5 Å². The van der Waals surface area contributed by atoms with Gasteiger partial charge in [-0.3, -0.25) is 4.79 Å². The van der Waals surface area contributed by atoms with E-state index >= 15 is 0 Å². The molecule has 0 spiro atoms. The highest BCUT2D eigenvalue weighted by Gasteiger charge is 2.27. The quantitative estimate of drug-likeness (QED) is 0.845. The Bertz CT molecular complexity index is 564. The third kappa shape index (κ3) is 4.09. The van der Waals surface area contributed by atoms with E-state index in [0.29, 0.717) is 12.3 Å². The number of carbonyl (C=O) groups excluding carboxylic acids is 1. The number of nitrogens with zero attached hydrogens (tertiary/aromatic N) is 1. The fraction of sp³-hybridized carbons (Fsp3) is 0.500. The van der Waals surface area contributed by atoms with Gasteiger partial charge < -0.3 is 10.0 Å². The Morgan fingerprint density at radius 2 is 2.19 bits per heavy atom. The van der Waals surface area contributed by atoms with E-state index in [9.17, 15) is 4.79 Å². The molecule has 1 fully saturated rings. The van der Waals surface area contributed by atoms with Gasteiger partial charge in [-0.25, -0.2) is 0 Å². The van der Waals surface area contributed by atoms with Crippen LogP contribution in [0.25, 0.3) is 0 Å². The summed E-state index contributed by atoms with van der Waals surface area (Å²) in [5.41, 5.74) is 2.55. The standard InChI is InChI=1S/C18H23NO2/c1-3-19(13-15-10-11-15)18(21)17-9-6-8-16(14(17)2)7-4-5-12-20/h6,8-9,15,20H,3,5,10-13H2,1-2H3. The average Bonchev–Trinajstić information content (AvgIpc) is 3.30. The summed E-state index contributed by atoms with van der Waals surface area (Å²) in [7, 11) is 0. The molecule has 0 atom stereocenters. The van der Waals surface area contributed by atoms with Crippen molar-refractivity contribution in [3.63, 3.8) is 0 Å². The third-order valence-electron chi connectivity index (χ3n) is 3.87. The number of aliphatic hydroxyl groups is 1. The van der Waals surface area contributed by atoms with Crippen molar-refractivity contribution in [3.05, 3.63) is 34.9 Å². The Kier molecular flexibility index (Phi) is 5.41. The summed E-state index contributed by atoms with van der Waals surface area (Å²) < 4.78 is 0. The van der Waals surface area contributed by atoms with E-state index in [0.717, 1.165) is 29.8 Å². The van der Waals surface area contributed by atoms with Crippen LogP contribution in [0, 0.1) is 24.7 Å². The molecule has 0 saturated heterocycles. The van der Waals surface area contributed by atoms with Crippen molar-refractivity contribution in [2.75, 3.05) is 19.7 Å². The van der Waals surface area contributed by atoms with E-state index in [2.05, 4.69) is 11.8 Å². The van der Waals surface area contributed by atoms with Crippen LogP contribution in [0.3, 0.4) is 0 Å². The fourth-order valence-corrected chi connectivity index (χ4v) is 2.35. The molecule has 0 aromatic heterocycles. The van der Waals surface area contributed by atoms with E-state index in [4.69, 9.17) is 5.11 Å². The monoisotopic (exact) mass is 285 g/mol. The summed E-state index contributed by atoms with van der Waals surface area (Å²) in [6.45, 7) is 5.65. The van der Waals surface area contributed by atoms with Crippen LogP contribution >= 0.6 is 0 Å². The fourth-order valence-electron chi connectivity index (χ4n) is 2.35. The Morgan fingerprint density at radius 3 is 2.81 bits per heavy atom. The molecule has 3 nitrogen and oxygen atoms in total. The number of amides is 1. The van der Waals surface area contributed by atoms with Gasteiger partial charge in [-0.2, -0.15) is 0 Å². The molecule has 0 heterocycles. The third-order valence-corrected chi connectivity index (χ3v) is 3.87. The van der Waals surface area contributed by atoms with E-state index < -0.39 is 0 Å². The highest BCUT2D eigenvalue weighted by atomic mass is 16.2. The van der Waals surface area contributed by atoms with Crippen molar-refractivity contribution in [3.8, 4) is 11.8 Å². The smallest absolute Gasteiger partial charge is 0.254 e. The maximum atomic E-state index is 12.7. The van der Waals surface area contributed by atoms with Gasteiger partial charge in [-0.05, 0) is 50.3 Å². The van der Waals surface area contributed by atoms with Gasteiger partial charge in [0.05, 0.1) is 6.61 Å². The van der Waals surface area contributed by atoms with Gasteiger partial charge in [0.1, 0.15) is 0 Å². The van der Waals surface area contributed by atoms with E-state index in [1.807, 2.05) is 36.9 Å². The first-order chi connectivity index (χ1) is 10.2. The zero-order chi connectivity index (χ0) is 15.2. The minimum Gasteiger partial charge on any atom is -0.395 e. The molecule has 0 radical (unpaired) electrons. The SMILES string of the molecule is CCN(CC1CC1)C(=O)c1cccc(C#CCCO)c1C. The Hall–Kier alpha value is -1.79. The lowest BCUT2D eigenvalue weighted by Gasteiger charge is -2.22. The number of benzene rings is 1. The summed E-state index contributed by atoms with van der Waals surface area (Å²) in [4.78, 5) is 14.6. The molecule has 0 aliphatic heterocycles. The van der Waals surface area contributed by atoms with Gasteiger partial charge >= 0.3 is 0 Å². The van der Waals surface area contributed by atoms with Crippen molar-refractivity contribution in [1.29, 1.82) is 0 Å². The normalized spacial score (nSPS) is 13.5. The molecule has 0 unspecified atom stereocenters. The first-order valence-electron chi connectivity index (χ1n) is 7.66. The highest BCUT2D eigenvalue weighted by molar-refractivity contribution is 5.96. The lowest BCUT2D eigenvalue weighted by atomic mass is 10.0. The molecular weight excluding hydrogens is 262 g/mol.